The molecule has 0 bridgehead atoms. The summed E-state index contributed by atoms with van der Waals surface area (Å²) in [6, 6.07) is 5.57. The third kappa shape index (κ3) is 6.61. The molecule has 0 radical (unpaired) electrons. The molecule has 4 N–H and O–H groups in total. The first-order chi connectivity index (χ1) is 10.8. The smallest absolute Gasteiger partial charge is 0.274 e. The molecule has 1 saturated heterocycles. The first-order valence-corrected chi connectivity index (χ1v) is 8.91. The molecule has 1 aliphatic heterocycles. The lowest BCUT2D eigenvalue weighted by molar-refractivity contribution is -0.117. The summed E-state index contributed by atoms with van der Waals surface area (Å²) in [7, 11) is -3.69. The molecule has 0 saturated carbocycles. The average molecular weight is 344 g/mol. The molecule has 1 aromatic rings. The standard InChI is InChI=1S/C14H21FN4O3S/c15-12-3-5-13(6-4-12)18-14(20)10-19-7-1-2-11(9-19)8-17-23(16,21)22/h3-6,11,17H,1-2,7-10H2,(H,18,20)(H2,16,21,22). The molecule has 0 spiro atoms. The molecule has 23 heavy (non-hydrogen) atoms. The molecule has 1 unspecified atom stereocenters. The highest BCUT2D eigenvalue weighted by Crippen LogP contribution is 2.16. The third-order valence-corrected chi connectivity index (χ3v) is 4.24. The van der Waals surface area contributed by atoms with E-state index in [0.29, 0.717) is 12.2 Å². The van der Waals surface area contributed by atoms with Crippen molar-refractivity contribution in [3.05, 3.63) is 30.1 Å². The highest BCUT2D eigenvalue weighted by molar-refractivity contribution is 7.87. The van der Waals surface area contributed by atoms with E-state index in [2.05, 4.69) is 10.0 Å². The van der Waals surface area contributed by atoms with E-state index in [4.69, 9.17) is 5.14 Å². The van der Waals surface area contributed by atoms with Crippen LogP contribution in [-0.2, 0) is 15.0 Å². The van der Waals surface area contributed by atoms with Crippen molar-refractivity contribution in [2.45, 2.75) is 12.8 Å². The molecule has 1 amide bonds. The Balaban J connectivity index is 1.80. The maximum atomic E-state index is 12.8. The van der Waals surface area contributed by atoms with Gasteiger partial charge in [0.1, 0.15) is 5.82 Å². The lowest BCUT2D eigenvalue weighted by atomic mass is 9.98. The van der Waals surface area contributed by atoms with Gasteiger partial charge in [0.05, 0.1) is 6.54 Å². The fourth-order valence-electron chi connectivity index (χ4n) is 2.63. The van der Waals surface area contributed by atoms with Crippen LogP contribution < -0.4 is 15.2 Å². The van der Waals surface area contributed by atoms with E-state index in [0.717, 1.165) is 19.4 Å². The molecule has 1 atom stereocenters. The molecule has 9 heteroatoms. The molecule has 0 aliphatic carbocycles. The number of likely N-dealkylation sites (tertiary alicyclic amines) is 1. The number of hydrogen-bond donors (Lipinski definition) is 3. The summed E-state index contributed by atoms with van der Waals surface area (Å²) < 4.78 is 37.0. The highest BCUT2D eigenvalue weighted by atomic mass is 32.2. The highest BCUT2D eigenvalue weighted by Gasteiger charge is 2.22. The van der Waals surface area contributed by atoms with Crippen LogP contribution in [0.4, 0.5) is 10.1 Å². The number of piperidine rings is 1. The van der Waals surface area contributed by atoms with Gasteiger partial charge in [0.25, 0.3) is 10.2 Å². The molecule has 7 nitrogen and oxygen atoms in total. The van der Waals surface area contributed by atoms with E-state index in [9.17, 15) is 17.6 Å². The number of amides is 1. The van der Waals surface area contributed by atoms with Gasteiger partial charge in [-0.3, -0.25) is 9.69 Å². The molecular weight excluding hydrogens is 323 g/mol. The summed E-state index contributed by atoms with van der Waals surface area (Å²) in [6.45, 7) is 1.89. The van der Waals surface area contributed by atoms with E-state index in [1.165, 1.54) is 24.3 Å². The summed E-state index contributed by atoms with van der Waals surface area (Å²) in [5, 5.41) is 7.63. The fourth-order valence-corrected chi connectivity index (χ4v) is 3.10. The topological polar surface area (TPSA) is 105 Å². The van der Waals surface area contributed by atoms with Gasteiger partial charge >= 0.3 is 0 Å². The number of halogens is 1. The number of hydrogen-bond acceptors (Lipinski definition) is 4. The van der Waals surface area contributed by atoms with Crippen LogP contribution in [0.3, 0.4) is 0 Å². The Morgan fingerprint density at radius 2 is 2.04 bits per heavy atom. The number of carbonyl (C=O) groups is 1. The van der Waals surface area contributed by atoms with Crippen molar-refractivity contribution in [2.24, 2.45) is 11.1 Å². The number of benzene rings is 1. The van der Waals surface area contributed by atoms with Crippen LogP contribution in [0.5, 0.6) is 0 Å². The minimum Gasteiger partial charge on any atom is -0.325 e. The van der Waals surface area contributed by atoms with Crippen LogP contribution >= 0.6 is 0 Å². The third-order valence-electron chi connectivity index (χ3n) is 3.67. The van der Waals surface area contributed by atoms with Crippen LogP contribution in [0.2, 0.25) is 0 Å². The fraction of sp³-hybridized carbons (Fsp3) is 0.500. The van der Waals surface area contributed by atoms with Gasteiger partial charge in [0.2, 0.25) is 5.91 Å². The zero-order valence-corrected chi connectivity index (χ0v) is 13.5. The Labute approximate surface area is 135 Å². The van der Waals surface area contributed by atoms with Gasteiger partial charge in [0, 0.05) is 18.8 Å². The maximum Gasteiger partial charge on any atom is 0.274 e. The van der Waals surface area contributed by atoms with E-state index >= 15 is 0 Å². The Morgan fingerprint density at radius 3 is 2.70 bits per heavy atom. The summed E-state index contributed by atoms with van der Waals surface area (Å²) in [6.07, 6.45) is 1.78. The zero-order chi connectivity index (χ0) is 16.9. The van der Waals surface area contributed by atoms with Crippen molar-refractivity contribution in [3.63, 3.8) is 0 Å². The van der Waals surface area contributed by atoms with E-state index < -0.39 is 10.2 Å². The number of nitrogens with zero attached hydrogens (tertiary/aromatic N) is 1. The Bertz CT molecular complexity index is 636. The van der Waals surface area contributed by atoms with Crippen LogP contribution in [0.15, 0.2) is 24.3 Å². The predicted molar refractivity (Wildman–Crippen MR) is 85.3 cm³/mol. The van der Waals surface area contributed by atoms with Gasteiger partial charge in [-0.2, -0.15) is 8.42 Å². The van der Waals surface area contributed by atoms with Crippen LogP contribution in [0, 0.1) is 11.7 Å². The SMILES string of the molecule is NS(=O)(=O)NCC1CCCN(CC(=O)Nc2ccc(F)cc2)C1. The van der Waals surface area contributed by atoms with Gasteiger partial charge in [-0.25, -0.2) is 14.3 Å². The largest absolute Gasteiger partial charge is 0.325 e. The Hall–Kier alpha value is -1.55. The number of anilines is 1. The lowest BCUT2D eigenvalue weighted by Crippen LogP contribution is -2.44. The summed E-state index contributed by atoms with van der Waals surface area (Å²) in [5.74, 6) is -0.415. The first kappa shape index (κ1) is 17.8. The Morgan fingerprint density at radius 1 is 1.35 bits per heavy atom. The zero-order valence-electron chi connectivity index (χ0n) is 12.7. The van der Waals surface area contributed by atoms with Gasteiger partial charge in [-0.05, 0) is 49.6 Å². The second-order valence-corrected chi connectivity index (χ2v) is 7.07. The molecule has 1 aliphatic rings. The summed E-state index contributed by atoms with van der Waals surface area (Å²) >= 11 is 0. The molecule has 1 heterocycles. The van der Waals surface area contributed by atoms with E-state index in [1.54, 1.807) is 0 Å². The van der Waals surface area contributed by atoms with Crippen molar-refractivity contribution in [2.75, 3.05) is 31.5 Å². The normalized spacial score (nSPS) is 19.5. The van der Waals surface area contributed by atoms with Gasteiger partial charge in [-0.1, -0.05) is 0 Å². The number of nitrogens with one attached hydrogen (secondary N) is 2. The van der Waals surface area contributed by atoms with Crippen molar-refractivity contribution >= 4 is 21.8 Å². The minimum atomic E-state index is -3.69. The van der Waals surface area contributed by atoms with Crippen LogP contribution in [-0.4, -0.2) is 45.4 Å². The molecule has 1 aromatic carbocycles. The van der Waals surface area contributed by atoms with Crippen LogP contribution in [0.1, 0.15) is 12.8 Å². The number of nitrogens with two attached hydrogens (primary N) is 1. The maximum absolute atomic E-state index is 12.8. The minimum absolute atomic E-state index is 0.126. The molecular formula is C14H21FN4O3S. The predicted octanol–water partition coefficient (Wildman–Crippen LogP) is 0.269. The summed E-state index contributed by atoms with van der Waals surface area (Å²) in [4.78, 5) is 14.0. The monoisotopic (exact) mass is 344 g/mol. The van der Waals surface area contributed by atoms with Crippen molar-refractivity contribution in [3.8, 4) is 0 Å². The molecule has 2 rings (SSSR count). The van der Waals surface area contributed by atoms with Crippen molar-refractivity contribution in [1.29, 1.82) is 0 Å². The second kappa shape index (κ2) is 7.82. The quantitative estimate of drug-likeness (QED) is 0.689. The van der Waals surface area contributed by atoms with Gasteiger partial charge in [0.15, 0.2) is 0 Å². The molecule has 128 valence electrons. The first-order valence-electron chi connectivity index (χ1n) is 7.37. The summed E-state index contributed by atoms with van der Waals surface area (Å²) in [5.41, 5.74) is 0.542. The van der Waals surface area contributed by atoms with Gasteiger partial charge < -0.3 is 5.32 Å². The number of carbonyl (C=O) groups excluding carboxylic acids is 1. The number of rotatable bonds is 6. The van der Waals surface area contributed by atoms with Gasteiger partial charge in [-0.15, -0.1) is 0 Å². The second-order valence-electron chi connectivity index (χ2n) is 5.69. The van der Waals surface area contributed by atoms with Crippen molar-refractivity contribution in [1.82, 2.24) is 9.62 Å². The van der Waals surface area contributed by atoms with Crippen molar-refractivity contribution < 1.29 is 17.6 Å². The lowest BCUT2D eigenvalue weighted by Gasteiger charge is -2.32. The average Bonchev–Trinajstić information content (AvgIpc) is 2.47. The van der Waals surface area contributed by atoms with Crippen LogP contribution in [0.25, 0.3) is 0 Å². The molecule has 0 aromatic heterocycles. The Kier molecular flexibility index (Phi) is 6.05. The van der Waals surface area contributed by atoms with E-state index in [1.807, 2.05) is 4.90 Å². The van der Waals surface area contributed by atoms with E-state index in [-0.39, 0.29) is 30.7 Å². The molecule has 1 fully saturated rings.